The van der Waals surface area contributed by atoms with Gasteiger partial charge in [-0.15, -0.1) is 0 Å². The predicted octanol–water partition coefficient (Wildman–Crippen LogP) is 5.98. The van der Waals surface area contributed by atoms with Crippen LogP contribution in [0.1, 0.15) is 102 Å². The molecule has 40 heavy (non-hydrogen) atoms. The van der Waals surface area contributed by atoms with Gasteiger partial charge in [0, 0.05) is 5.56 Å². The highest BCUT2D eigenvalue weighted by Crippen LogP contribution is 2.26. The van der Waals surface area contributed by atoms with Crippen LogP contribution in [0, 0.1) is 0 Å². The Balaban J connectivity index is 0.00000560. The lowest BCUT2D eigenvalue weighted by Gasteiger charge is -2.05. The topological polar surface area (TPSA) is 51.8 Å². The van der Waals surface area contributed by atoms with Crippen LogP contribution >= 0.6 is 11.3 Å². The molecule has 0 atom stereocenters. The highest BCUT2D eigenvalue weighted by atomic mass is 79.9. The van der Waals surface area contributed by atoms with Crippen molar-refractivity contribution in [2.75, 3.05) is 13.7 Å². The van der Waals surface area contributed by atoms with Crippen LogP contribution in [-0.2, 0) is 16.1 Å². The summed E-state index contributed by atoms with van der Waals surface area (Å²) in [5, 5.41) is 0.778. The molecule has 0 amide bonds. The van der Waals surface area contributed by atoms with Crippen molar-refractivity contribution in [2.45, 2.75) is 103 Å². The minimum Gasteiger partial charge on any atom is -1.00 e. The fourth-order valence-electron chi connectivity index (χ4n) is 4.75. The Labute approximate surface area is 255 Å². The summed E-state index contributed by atoms with van der Waals surface area (Å²) in [4.78, 5) is 17.4. The Kier molecular flexibility index (Phi) is 17.5. The molecule has 2 aromatic carbocycles. The summed E-state index contributed by atoms with van der Waals surface area (Å²) in [5.74, 6) is 0.602. The number of para-hydroxylation sites is 1. The minimum atomic E-state index is -0.209. The molecule has 1 heterocycles. The zero-order valence-corrected chi connectivity index (χ0v) is 26.8. The first-order chi connectivity index (χ1) is 19.2. The third-order valence-corrected chi connectivity index (χ3v) is 8.15. The van der Waals surface area contributed by atoms with Gasteiger partial charge >= 0.3 is 11.1 Å². The Morgan fingerprint density at radius 2 is 1.40 bits per heavy atom. The third-order valence-electron chi connectivity index (χ3n) is 7.08. The lowest BCUT2D eigenvalue weighted by Crippen LogP contribution is -3.00. The molecule has 0 bridgehead atoms. The van der Waals surface area contributed by atoms with Gasteiger partial charge in [-0.2, -0.15) is 0 Å². The van der Waals surface area contributed by atoms with Crippen molar-refractivity contribution in [1.29, 1.82) is 0 Å². The van der Waals surface area contributed by atoms with Crippen LogP contribution in [0.4, 0.5) is 5.13 Å². The number of thiazole rings is 1. The van der Waals surface area contributed by atoms with Gasteiger partial charge in [0.1, 0.15) is 17.5 Å². The summed E-state index contributed by atoms with van der Waals surface area (Å²) in [6.45, 7) is 2.93. The number of hydrogen-bond acceptors (Lipinski definition) is 5. The van der Waals surface area contributed by atoms with E-state index in [1.165, 1.54) is 77.0 Å². The van der Waals surface area contributed by atoms with E-state index in [0.717, 1.165) is 39.5 Å². The number of methoxy groups -OCH3 is 1. The number of nitrogens with zero attached hydrogens (tertiary/aromatic N) is 2. The number of fused-ring (bicyclic) bond motifs is 1. The normalized spacial score (nSPS) is 11.2. The fraction of sp³-hybridized carbons (Fsp3) is 0.545. The van der Waals surface area contributed by atoms with Gasteiger partial charge in [0.05, 0.1) is 18.4 Å². The molecule has 0 aliphatic carbocycles. The Bertz CT molecular complexity index is 1130. The second kappa shape index (κ2) is 20.6. The van der Waals surface area contributed by atoms with E-state index < -0.39 is 0 Å². The number of benzene rings is 2. The number of unbranched alkanes of at least 4 members (excludes halogenated alkanes) is 13. The zero-order valence-electron chi connectivity index (χ0n) is 24.4. The number of carbonyl (C=O) groups is 1. The Morgan fingerprint density at radius 1 is 0.825 bits per heavy atom. The van der Waals surface area contributed by atoms with Gasteiger partial charge in [-0.3, -0.25) is 0 Å². The first kappa shape index (κ1) is 34.0. The number of halogens is 1. The van der Waals surface area contributed by atoms with Crippen molar-refractivity contribution in [3.8, 4) is 5.75 Å². The van der Waals surface area contributed by atoms with Gasteiger partial charge in [0.25, 0.3) is 0 Å². The van der Waals surface area contributed by atoms with Gasteiger partial charge in [-0.25, -0.2) is 9.36 Å². The van der Waals surface area contributed by atoms with Crippen molar-refractivity contribution in [3.63, 3.8) is 0 Å². The molecule has 0 aliphatic rings. The summed E-state index contributed by atoms with van der Waals surface area (Å²) in [6.07, 6.45) is 20.2. The summed E-state index contributed by atoms with van der Waals surface area (Å²) in [6, 6.07) is 15.8. The van der Waals surface area contributed by atoms with E-state index in [-0.39, 0.29) is 29.5 Å². The number of hydrogen-bond donors (Lipinski definition) is 0. The van der Waals surface area contributed by atoms with E-state index in [0.29, 0.717) is 6.61 Å². The van der Waals surface area contributed by atoms with Crippen molar-refractivity contribution in [3.05, 3.63) is 54.1 Å². The van der Waals surface area contributed by atoms with Gasteiger partial charge in [-0.1, -0.05) is 103 Å². The van der Waals surface area contributed by atoms with Gasteiger partial charge in [0.15, 0.2) is 6.54 Å². The quantitative estimate of drug-likeness (QED) is 0.0668. The maximum absolute atomic E-state index is 12.7. The second-order valence-corrected chi connectivity index (χ2v) is 11.3. The molecule has 220 valence electrons. The predicted molar refractivity (Wildman–Crippen MR) is 164 cm³/mol. The average molecular weight is 632 g/mol. The van der Waals surface area contributed by atoms with Crippen LogP contribution < -0.4 is 26.3 Å². The van der Waals surface area contributed by atoms with Crippen molar-refractivity contribution >= 4 is 38.9 Å². The highest BCUT2D eigenvalue weighted by Gasteiger charge is 2.21. The first-order valence-electron chi connectivity index (χ1n) is 15.0. The molecule has 0 unspecified atom stereocenters. The largest absolute Gasteiger partial charge is 1.00 e. The minimum absolute atomic E-state index is 0. The zero-order chi connectivity index (χ0) is 27.5. The molecule has 7 heteroatoms. The first-order valence-corrected chi connectivity index (χ1v) is 15.8. The maximum atomic E-state index is 12.7. The molecule has 0 saturated heterocycles. The summed E-state index contributed by atoms with van der Waals surface area (Å²) in [7, 11) is 1.65. The smallest absolute Gasteiger partial charge is 0.383 e. The van der Waals surface area contributed by atoms with E-state index in [4.69, 9.17) is 14.5 Å². The summed E-state index contributed by atoms with van der Waals surface area (Å²) in [5.41, 5.74) is 1.97. The van der Waals surface area contributed by atoms with Crippen LogP contribution in [0.5, 0.6) is 5.75 Å². The lowest BCUT2D eigenvalue weighted by molar-refractivity contribution is -0.643. The molecule has 0 radical (unpaired) electrons. The fourth-order valence-corrected chi connectivity index (χ4v) is 5.75. The van der Waals surface area contributed by atoms with E-state index in [1.54, 1.807) is 18.4 Å². The molecule has 0 spiro atoms. The van der Waals surface area contributed by atoms with Crippen LogP contribution in [-0.4, -0.2) is 25.9 Å². The number of carbonyl (C=O) groups excluding carboxylic acids is 1. The molecule has 5 nitrogen and oxygen atoms in total. The summed E-state index contributed by atoms with van der Waals surface area (Å²) < 4.78 is 13.9. The van der Waals surface area contributed by atoms with Gasteiger partial charge in [0.2, 0.25) is 0 Å². The molecular weight excluding hydrogens is 584 g/mol. The van der Waals surface area contributed by atoms with Crippen molar-refractivity contribution in [2.24, 2.45) is 4.99 Å². The van der Waals surface area contributed by atoms with Crippen LogP contribution in [0.25, 0.3) is 10.2 Å². The molecule has 0 aliphatic heterocycles. The number of esters is 1. The molecule has 3 rings (SSSR count). The van der Waals surface area contributed by atoms with E-state index in [9.17, 15) is 4.79 Å². The second-order valence-electron chi connectivity index (χ2n) is 10.3. The van der Waals surface area contributed by atoms with E-state index >= 15 is 0 Å². The number of aromatic nitrogens is 1. The molecule has 3 aromatic rings. The maximum Gasteiger partial charge on any atom is 0.383 e. The van der Waals surface area contributed by atoms with Crippen LogP contribution in [0.3, 0.4) is 0 Å². The Morgan fingerprint density at radius 3 is 2.00 bits per heavy atom. The Hall–Kier alpha value is -2.25. The van der Waals surface area contributed by atoms with Crippen molar-refractivity contribution in [1.82, 2.24) is 0 Å². The molecule has 0 N–H and O–H groups in total. The van der Waals surface area contributed by atoms with E-state index in [1.807, 2.05) is 53.2 Å². The van der Waals surface area contributed by atoms with E-state index in [2.05, 4.69) is 13.0 Å². The molecule has 0 saturated carbocycles. The van der Waals surface area contributed by atoms with Crippen LogP contribution in [0.2, 0.25) is 0 Å². The monoisotopic (exact) mass is 630 g/mol. The summed E-state index contributed by atoms with van der Waals surface area (Å²) >= 11 is 1.57. The average Bonchev–Trinajstić information content (AvgIpc) is 3.31. The number of rotatable bonds is 20. The highest BCUT2D eigenvalue weighted by molar-refractivity contribution is 7.21. The third kappa shape index (κ3) is 12.5. The SMILES string of the molecule is CCCCCCCCCCCCCCCCOC(=O)C[n+]1c(N=Cc2ccc(OC)cc2)sc2ccccc21.[Br-]. The van der Waals surface area contributed by atoms with Crippen LogP contribution in [0.15, 0.2) is 53.5 Å². The molecular formula is C33H47BrN2O3S. The van der Waals surface area contributed by atoms with Gasteiger partial charge < -0.3 is 26.5 Å². The number of ether oxygens (including phenoxy) is 2. The standard InChI is InChI=1S/C33H47N2O3S.BrH/c1-3-4-5-6-7-8-9-10-11-12-13-14-15-18-25-38-32(36)27-35-30-19-16-17-20-31(30)39-33(35)34-26-28-21-23-29(37-2)24-22-28;/h16-17,19-24,26H,3-15,18,25,27H2,1-2H3;1H/q+1;/p-1. The number of aliphatic imine (C=N–C) groups is 1. The lowest BCUT2D eigenvalue weighted by atomic mass is 10.0. The van der Waals surface area contributed by atoms with Gasteiger partial charge in [-0.05, 0) is 59.1 Å². The molecule has 1 aromatic heterocycles. The molecule has 0 fully saturated rings. The van der Waals surface area contributed by atoms with Crippen molar-refractivity contribution < 1.29 is 35.8 Å².